The zero-order chi connectivity index (χ0) is 12.3. The lowest BCUT2D eigenvalue weighted by Gasteiger charge is -2.12. The fourth-order valence-electron chi connectivity index (χ4n) is 1.19. The van der Waals surface area contributed by atoms with Crippen LogP contribution in [-0.4, -0.2) is 11.3 Å². The van der Waals surface area contributed by atoms with E-state index in [2.05, 4.69) is 0 Å². The van der Waals surface area contributed by atoms with E-state index in [1.807, 2.05) is 0 Å². The van der Waals surface area contributed by atoms with Crippen molar-refractivity contribution in [1.29, 1.82) is 0 Å². The first-order valence-corrected chi connectivity index (χ1v) is 4.87. The first-order valence-electron chi connectivity index (χ1n) is 4.49. The molecule has 0 saturated heterocycles. The standard InChI is InChI=1S/C10H9ClF4O/c11-7-5-6(1-2-8(7)12)9(16)3-4-10(13,14)15/h1-2,5,9,16H,3-4H2. The lowest BCUT2D eigenvalue weighted by atomic mass is 10.0. The van der Waals surface area contributed by atoms with Gasteiger partial charge in [-0.3, -0.25) is 0 Å². The van der Waals surface area contributed by atoms with Crippen molar-refractivity contribution in [3.8, 4) is 0 Å². The van der Waals surface area contributed by atoms with Gasteiger partial charge in [-0.25, -0.2) is 4.39 Å². The van der Waals surface area contributed by atoms with Gasteiger partial charge in [-0.15, -0.1) is 0 Å². The zero-order valence-corrected chi connectivity index (χ0v) is 8.82. The second kappa shape index (κ2) is 5.01. The molecular formula is C10H9ClF4O. The summed E-state index contributed by atoms with van der Waals surface area (Å²) in [5.41, 5.74) is 0.177. The number of benzene rings is 1. The molecule has 1 aromatic carbocycles. The Hall–Kier alpha value is -0.810. The molecule has 0 heterocycles. The SMILES string of the molecule is OC(CCC(F)(F)F)c1ccc(F)c(Cl)c1. The Morgan fingerprint density at radius 3 is 2.44 bits per heavy atom. The van der Waals surface area contributed by atoms with E-state index in [9.17, 15) is 22.7 Å². The van der Waals surface area contributed by atoms with Crippen molar-refractivity contribution in [2.24, 2.45) is 0 Å². The van der Waals surface area contributed by atoms with Gasteiger partial charge in [0.1, 0.15) is 5.82 Å². The van der Waals surface area contributed by atoms with Crippen LogP contribution in [0.15, 0.2) is 18.2 Å². The Bertz CT molecular complexity index is 364. The van der Waals surface area contributed by atoms with Crippen LogP contribution in [0.2, 0.25) is 5.02 Å². The van der Waals surface area contributed by atoms with E-state index in [0.717, 1.165) is 12.1 Å². The molecular weight excluding hydrogens is 248 g/mol. The molecule has 6 heteroatoms. The number of hydrogen-bond donors (Lipinski definition) is 1. The van der Waals surface area contributed by atoms with Gasteiger partial charge in [0.2, 0.25) is 0 Å². The van der Waals surface area contributed by atoms with Crippen molar-refractivity contribution < 1.29 is 22.7 Å². The molecule has 1 aromatic rings. The molecule has 0 amide bonds. The minimum atomic E-state index is -4.31. The molecule has 0 aromatic heterocycles. The van der Waals surface area contributed by atoms with Crippen molar-refractivity contribution in [2.45, 2.75) is 25.1 Å². The summed E-state index contributed by atoms with van der Waals surface area (Å²) in [4.78, 5) is 0. The summed E-state index contributed by atoms with van der Waals surface area (Å²) in [6.45, 7) is 0. The number of aliphatic hydroxyl groups is 1. The van der Waals surface area contributed by atoms with Crippen LogP contribution in [0, 0.1) is 5.82 Å². The van der Waals surface area contributed by atoms with Crippen LogP contribution in [0.3, 0.4) is 0 Å². The first kappa shape index (κ1) is 13.3. The predicted molar refractivity (Wildman–Crippen MR) is 51.7 cm³/mol. The Balaban J connectivity index is 2.66. The summed E-state index contributed by atoms with van der Waals surface area (Å²) in [6, 6.07) is 3.34. The molecule has 1 rings (SSSR count). The van der Waals surface area contributed by atoms with Gasteiger partial charge >= 0.3 is 6.18 Å². The van der Waals surface area contributed by atoms with Crippen molar-refractivity contribution >= 4 is 11.6 Å². The van der Waals surface area contributed by atoms with Gasteiger partial charge < -0.3 is 5.11 Å². The number of alkyl halides is 3. The maximum absolute atomic E-state index is 12.7. The fourth-order valence-corrected chi connectivity index (χ4v) is 1.38. The first-order chi connectivity index (χ1) is 7.29. The summed E-state index contributed by atoms with van der Waals surface area (Å²) >= 11 is 5.44. The summed E-state index contributed by atoms with van der Waals surface area (Å²) < 4.78 is 48.4. The molecule has 90 valence electrons. The fraction of sp³-hybridized carbons (Fsp3) is 0.400. The van der Waals surface area contributed by atoms with Gasteiger partial charge in [-0.2, -0.15) is 13.2 Å². The van der Waals surface area contributed by atoms with Crippen LogP contribution in [0.5, 0.6) is 0 Å². The summed E-state index contributed by atoms with van der Waals surface area (Å²) in [5, 5.41) is 9.20. The van der Waals surface area contributed by atoms with Gasteiger partial charge in [0.25, 0.3) is 0 Å². The third-order valence-corrected chi connectivity index (χ3v) is 2.32. The van der Waals surface area contributed by atoms with Crippen LogP contribution in [-0.2, 0) is 0 Å². The van der Waals surface area contributed by atoms with Crippen LogP contribution in [0.25, 0.3) is 0 Å². The number of aliphatic hydroxyl groups excluding tert-OH is 1. The van der Waals surface area contributed by atoms with Crippen LogP contribution >= 0.6 is 11.6 Å². The molecule has 1 atom stereocenters. The average molecular weight is 257 g/mol. The van der Waals surface area contributed by atoms with Gasteiger partial charge in [-0.05, 0) is 24.1 Å². The number of hydrogen-bond acceptors (Lipinski definition) is 1. The van der Waals surface area contributed by atoms with Crippen molar-refractivity contribution in [3.63, 3.8) is 0 Å². The molecule has 0 radical (unpaired) electrons. The van der Waals surface area contributed by atoms with Crippen molar-refractivity contribution in [3.05, 3.63) is 34.6 Å². The highest BCUT2D eigenvalue weighted by Crippen LogP contribution is 2.29. The number of halogens is 5. The van der Waals surface area contributed by atoms with Crippen LogP contribution in [0.1, 0.15) is 24.5 Å². The maximum Gasteiger partial charge on any atom is 0.389 e. The molecule has 0 aliphatic heterocycles. The molecule has 1 N–H and O–H groups in total. The van der Waals surface area contributed by atoms with Crippen molar-refractivity contribution in [2.75, 3.05) is 0 Å². The van der Waals surface area contributed by atoms with E-state index in [4.69, 9.17) is 11.6 Å². The highest BCUT2D eigenvalue weighted by molar-refractivity contribution is 6.30. The summed E-state index contributed by atoms with van der Waals surface area (Å²) in [5.74, 6) is -0.673. The molecule has 0 saturated carbocycles. The topological polar surface area (TPSA) is 20.2 Å². The van der Waals surface area contributed by atoms with Gasteiger partial charge in [0.05, 0.1) is 11.1 Å². The van der Waals surface area contributed by atoms with Crippen molar-refractivity contribution in [1.82, 2.24) is 0 Å². The second-order valence-electron chi connectivity index (χ2n) is 3.34. The third-order valence-electron chi connectivity index (χ3n) is 2.03. The summed E-state index contributed by atoms with van der Waals surface area (Å²) in [6.07, 6.45) is -7.17. The van der Waals surface area contributed by atoms with Gasteiger partial charge in [0, 0.05) is 6.42 Å². The van der Waals surface area contributed by atoms with E-state index in [1.165, 1.54) is 6.07 Å². The Labute approximate surface area is 94.7 Å². The molecule has 1 unspecified atom stereocenters. The molecule has 16 heavy (non-hydrogen) atoms. The average Bonchev–Trinajstić information content (AvgIpc) is 2.17. The Morgan fingerprint density at radius 1 is 1.31 bits per heavy atom. The van der Waals surface area contributed by atoms with E-state index in [0.29, 0.717) is 0 Å². The van der Waals surface area contributed by atoms with E-state index in [-0.39, 0.29) is 10.6 Å². The largest absolute Gasteiger partial charge is 0.389 e. The normalized spacial score (nSPS) is 13.9. The van der Waals surface area contributed by atoms with Crippen LogP contribution < -0.4 is 0 Å². The molecule has 0 fully saturated rings. The second-order valence-corrected chi connectivity index (χ2v) is 3.75. The zero-order valence-electron chi connectivity index (χ0n) is 8.06. The lowest BCUT2D eigenvalue weighted by Crippen LogP contribution is -2.10. The highest BCUT2D eigenvalue weighted by Gasteiger charge is 2.28. The molecule has 0 aliphatic carbocycles. The third kappa shape index (κ3) is 3.98. The monoisotopic (exact) mass is 256 g/mol. The summed E-state index contributed by atoms with van der Waals surface area (Å²) in [7, 11) is 0. The highest BCUT2D eigenvalue weighted by atomic mass is 35.5. The molecule has 0 spiro atoms. The smallest absolute Gasteiger partial charge is 0.388 e. The number of rotatable bonds is 3. The van der Waals surface area contributed by atoms with Crippen LogP contribution in [0.4, 0.5) is 17.6 Å². The van der Waals surface area contributed by atoms with E-state index in [1.54, 1.807) is 0 Å². The Kier molecular flexibility index (Phi) is 4.15. The van der Waals surface area contributed by atoms with Gasteiger partial charge in [0.15, 0.2) is 0 Å². The van der Waals surface area contributed by atoms with E-state index < -0.39 is 30.9 Å². The predicted octanol–water partition coefficient (Wildman–Crippen LogP) is 3.86. The van der Waals surface area contributed by atoms with Gasteiger partial charge in [-0.1, -0.05) is 17.7 Å². The van der Waals surface area contributed by atoms with E-state index >= 15 is 0 Å². The minimum absolute atomic E-state index is 0.177. The quantitative estimate of drug-likeness (QED) is 0.815. The molecule has 0 aliphatic rings. The molecule has 0 bridgehead atoms. The Morgan fingerprint density at radius 2 is 1.94 bits per heavy atom. The maximum atomic E-state index is 12.7. The lowest BCUT2D eigenvalue weighted by molar-refractivity contribution is -0.140. The minimum Gasteiger partial charge on any atom is -0.388 e. The molecule has 1 nitrogen and oxygen atoms in total.